The first-order valence-electron chi connectivity index (χ1n) is 3.40. The Morgan fingerprint density at radius 2 is 2.42 bits per heavy atom. The van der Waals surface area contributed by atoms with Crippen molar-refractivity contribution in [3.8, 4) is 5.75 Å². The second-order valence-corrected chi connectivity index (χ2v) is 2.53. The molecule has 1 aromatic rings. The van der Waals surface area contributed by atoms with Crippen molar-refractivity contribution in [2.45, 2.75) is 0 Å². The minimum Gasteiger partial charge on any atom is -0.485 e. The van der Waals surface area contributed by atoms with E-state index in [4.69, 9.17) is 9.84 Å². The van der Waals surface area contributed by atoms with Crippen LogP contribution < -0.4 is 10.3 Å². The lowest BCUT2D eigenvalue weighted by Crippen LogP contribution is -2.16. The summed E-state index contributed by atoms with van der Waals surface area (Å²) in [7, 11) is 0. The van der Waals surface area contributed by atoms with Crippen molar-refractivity contribution in [3.05, 3.63) is 28.7 Å². The van der Waals surface area contributed by atoms with E-state index in [1.165, 1.54) is 12.3 Å². The van der Waals surface area contributed by atoms with E-state index in [1.807, 2.05) is 0 Å². The average Bonchev–Trinajstić information content (AvgIpc) is 2.08. The van der Waals surface area contributed by atoms with Crippen molar-refractivity contribution in [1.29, 1.82) is 0 Å². The fraction of sp³-hybridized carbons (Fsp3) is 0.286. The molecule has 0 fully saturated rings. The van der Waals surface area contributed by atoms with Gasteiger partial charge in [-0.2, -0.15) is 0 Å². The van der Waals surface area contributed by atoms with Crippen LogP contribution in [0.5, 0.6) is 5.75 Å². The van der Waals surface area contributed by atoms with E-state index < -0.39 is 0 Å². The number of aliphatic hydroxyl groups is 1. The maximum absolute atomic E-state index is 11.2. The number of ether oxygens (including phenoxy) is 1. The molecular weight excluding hydrogens is 178 g/mol. The van der Waals surface area contributed by atoms with Crippen LogP contribution in [-0.4, -0.2) is 22.3 Å². The molecular formula is C7H9NO3S. The average molecular weight is 187 g/mol. The number of hydrogen-bond donors (Lipinski definition) is 2. The molecule has 0 saturated carbocycles. The van der Waals surface area contributed by atoms with Crippen LogP contribution in [0.2, 0.25) is 0 Å². The van der Waals surface area contributed by atoms with Gasteiger partial charge in [0.05, 0.1) is 6.61 Å². The van der Waals surface area contributed by atoms with Gasteiger partial charge >= 0.3 is 5.56 Å². The highest BCUT2D eigenvalue weighted by Crippen LogP contribution is 2.01. The lowest BCUT2D eigenvalue weighted by atomic mass is 10.4. The van der Waals surface area contributed by atoms with E-state index in [9.17, 15) is 4.79 Å². The van der Waals surface area contributed by atoms with Crippen LogP contribution in [0.3, 0.4) is 0 Å². The molecule has 0 radical (unpaired) electrons. The van der Waals surface area contributed by atoms with E-state index in [0.717, 1.165) is 3.97 Å². The quantitative estimate of drug-likeness (QED) is 0.650. The number of pyridine rings is 1. The molecule has 0 saturated heterocycles. The number of rotatable bonds is 3. The topological polar surface area (TPSA) is 51.5 Å². The fourth-order valence-electron chi connectivity index (χ4n) is 0.729. The highest BCUT2D eigenvalue weighted by molar-refractivity contribution is 7.78. The fourth-order valence-corrected chi connectivity index (χ4v) is 0.905. The predicted octanol–water partition coefficient (Wildman–Crippen LogP) is -0.0877. The number of aromatic nitrogens is 1. The summed E-state index contributed by atoms with van der Waals surface area (Å²) in [5, 5.41) is 8.43. The van der Waals surface area contributed by atoms with Crippen LogP contribution in [0.15, 0.2) is 23.1 Å². The highest BCUT2D eigenvalue weighted by Gasteiger charge is 2.00. The highest BCUT2D eigenvalue weighted by atomic mass is 32.1. The Morgan fingerprint density at radius 3 is 3.08 bits per heavy atom. The molecule has 0 aliphatic heterocycles. The third kappa shape index (κ3) is 2.02. The lowest BCUT2D eigenvalue weighted by molar-refractivity contribution is 0.199. The molecule has 12 heavy (non-hydrogen) atoms. The van der Waals surface area contributed by atoms with Crippen molar-refractivity contribution in [2.24, 2.45) is 0 Å². The molecule has 0 aliphatic carbocycles. The second-order valence-electron chi connectivity index (χ2n) is 2.09. The summed E-state index contributed by atoms with van der Waals surface area (Å²) in [5.41, 5.74) is -0.325. The smallest absolute Gasteiger partial charge is 0.302 e. The summed E-state index contributed by atoms with van der Waals surface area (Å²) < 4.78 is 6.05. The van der Waals surface area contributed by atoms with Crippen molar-refractivity contribution < 1.29 is 9.84 Å². The van der Waals surface area contributed by atoms with Gasteiger partial charge in [0.15, 0.2) is 5.75 Å². The Kier molecular flexibility index (Phi) is 3.19. The minimum atomic E-state index is -0.325. The SMILES string of the molecule is O=c1c(OCCO)cccn1S. The van der Waals surface area contributed by atoms with Crippen LogP contribution in [0, 0.1) is 0 Å². The van der Waals surface area contributed by atoms with Crippen LogP contribution in [0.25, 0.3) is 0 Å². The molecule has 1 rings (SSSR count). The second kappa shape index (κ2) is 4.18. The van der Waals surface area contributed by atoms with Gasteiger partial charge in [0.25, 0.3) is 0 Å². The minimum absolute atomic E-state index is 0.110. The predicted molar refractivity (Wildman–Crippen MR) is 47.7 cm³/mol. The first kappa shape index (κ1) is 9.15. The van der Waals surface area contributed by atoms with E-state index in [2.05, 4.69) is 12.8 Å². The van der Waals surface area contributed by atoms with E-state index in [1.54, 1.807) is 6.07 Å². The third-order valence-electron chi connectivity index (χ3n) is 1.24. The van der Waals surface area contributed by atoms with Gasteiger partial charge in [-0.25, -0.2) is 0 Å². The summed E-state index contributed by atoms with van der Waals surface area (Å²) in [6.07, 6.45) is 1.51. The summed E-state index contributed by atoms with van der Waals surface area (Å²) >= 11 is 3.85. The van der Waals surface area contributed by atoms with Crippen LogP contribution in [0.1, 0.15) is 0 Å². The maximum atomic E-state index is 11.2. The zero-order valence-electron chi connectivity index (χ0n) is 6.30. The van der Waals surface area contributed by atoms with Gasteiger partial charge in [0, 0.05) is 6.20 Å². The number of thiol groups is 1. The van der Waals surface area contributed by atoms with Gasteiger partial charge in [-0.3, -0.25) is 8.77 Å². The van der Waals surface area contributed by atoms with Crippen LogP contribution in [0.4, 0.5) is 0 Å². The van der Waals surface area contributed by atoms with E-state index >= 15 is 0 Å². The molecule has 0 spiro atoms. The lowest BCUT2D eigenvalue weighted by Gasteiger charge is -2.03. The Morgan fingerprint density at radius 1 is 1.67 bits per heavy atom. The molecule has 1 aromatic heterocycles. The van der Waals surface area contributed by atoms with Crippen molar-refractivity contribution in [3.63, 3.8) is 0 Å². The van der Waals surface area contributed by atoms with E-state index in [-0.39, 0.29) is 24.5 Å². The summed E-state index contributed by atoms with van der Waals surface area (Å²) in [5.74, 6) is 0.196. The molecule has 1 N–H and O–H groups in total. The monoisotopic (exact) mass is 187 g/mol. The molecule has 0 aliphatic rings. The Bertz CT molecular complexity index is 310. The molecule has 0 bridgehead atoms. The summed E-state index contributed by atoms with van der Waals surface area (Å²) in [4.78, 5) is 11.2. The zero-order chi connectivity index (χ0) is 8.97. The van der Waals surface area contributed by atoms with Crippen molar-refractivity contribution in [2.75, 3.05) is 13.2 Å². The Labute approximate surface area is 75.0 Å². The number of aliphatic hydroxyl groups excluding tert-OH is 1. The summed E-state index contributed by atoms with van der Waals surface area (Å²) in [6, 6.07) is 3.17. The molecule has 0 aromatic carbocycles. The molecule has 5 heteroatoms. The first-order valence-corrected chi connectivity index (χ1v) is 3.80. The van der Waals surface area contributed by atoms with Crippen molar-refractivity contribution >= 4 is 12.8 Å². The summed E-state index contributed by atoms with van der Waals surface area (Å²) in [6.45, 7) is 0.00787. The third-order valence-corrected chi connectivity index (χ3v) is 1.56. The molecule has 0 unspecified atom stereocenters. The molecule has 0 atom stereocenters. The number of hydrogen-bond acceptors (Lipinski definition) is 4. The Balaban J connectivity index is 2.85. The standard InChI is InChI=1S/C7H9NO3S/c9-4-5-11-6-2-1-3-8(12)7(6)10/h1-3,9,12H,4-5H2. The Hall–Kier alpha value is -0.940. The van der Waals surface area contributed by atoms with Gasteiger partial charge in [-0.05, 0) is 12.1 Å². The largest absolute Gasteiger partial charge is 0.485 e. The number of nitrogens with zero attached hydrogens (tertiary/aromatic N) is 1. The molecule has 1 heterocycles. The molecule has 0 amide bonds. The normalized spacial score (nSPS) is 9.83. The van der Waals surface area contributed by atoms with Gasteiger partial charge in [0.1, 0.15) is 6.61 Å². The zero-order valence-corrected chi connectivity index (χ0v) is 7.20. The van der Waals surface area contributed by atoms with Crippen molar-refractivity contribution in [1.82, 2.24) is 3.97 Å². The van der Waals surface area contributed by atoms with Crippen LogP contribution in [-0.2, 0) is 0 Å². The van der Waals surface area contributed by atoms with Gasteiger partial charge in [-0.1, -0.05) is 12.8 Å². The van der Waals surface area contributed by atoms with Crippen LogP contribution >= 0.6 is 12.8 Å². The van der Waals surface area contributed by atoms with E-state index in [0.29, 0.717) is 0 Å². The van der Waals surface area contributed by atoms with Gasteiger partial charge in [0.2, 0.25) is 0 Å². The maximum Gasteiger partial charge on any atom is 0.302 e. The first-order chi connectivity index (χ1) is 5.75. The van der Waals surface area contributed by atoms with Gasteiger partial charge in [-0.15, -0.1) is 0 Å². The molecule has 4 nitrogen and oxygen atoms in total. The molecule has 66 valence electrons. The van der Waals surface area contributed by atoms with Gasteiger partial charge < -0.3 is 9.84 Å².